The summed E-state index contributed by atoms with van der Waals surface area (Å²) in [6, 6.07) is 1.49. The van der Waals surface area contributed by atoms with Crippen LogP contribution in [-0.2, 0) is 0 Å². The summed E-state index contributed by atoms with van der Waals surface area (Å²) in [5, 5.41) is 12.2. The van der Waals surface area contributed by atoms with Crippen LogP contribution in [0.25, 0.3) is 0 Å². The molecule has 0 aliphatic heterocycles. The van der Waals surface area contributed by atoms with Crippen molar-refractivity contribution in [2.45, 2.75) is 31.7 Å². The lowest BCUT2D eigenvalue weighted by molar-refractivity contribution is -0.380. The normalized spacial score (nSPS) is 22.5. The van der Waals surface area contributed by atoms with Gasteiger partial charge in [-0.2, -0.15) is 0 Å². The molecule has 20 heavy (non-hydrogen) atoms. The molecule has 0 radical (unpaired) electrons. The van der Waals surface area contributed by atoms with Gasteiger partial charge in [-0.25, -0.2) is 0 Å². The van der Waals surface area contributed by atoms with Crippen molar-refractivity contribution in [1.82, 2.24) is 4.90 Å². The Labute approximate surface area is 121 Å². The molecule has 1 heterocycles. The van der Waals surface area contributed by atoms with Crippen LogP contribution in [-0.4, -0.2) is 35.4 Å². The van der Waals surface area contributed by atoms with Crippen LogP contribution in [0.4, 0.5) is 5.00 Å². The van der Waals surface area contributed by atoms with Crippen molar-refractivity contribution in [3.8, 4) is 0 Å². The van der Waals surface area contributed by atoms with Crippen LogP contribution in [0.15, 0.2) is 11.4 Å². The molecule has 110 valence electrons. The Morgan fingerprint density at radius 1 is 1.55 bits per heavy atom. The van der Waals surface area contributed by atoms with Crippen molar-refractivity contribution >= 4 is 22.2 Å². The molecule has 1 aromatic heterocycles. The van der Waals surface area contributed by atoms with E-state index in [1.807, 2.05) is 0 Å². The molecular formula is C13H19N3O3S. The maximum Gasteiger partial charge on any atom is 0.324 e. The van der Waals surface area contributed by atoms with Gasteiger partial charge >= 0.3 is 5.00 Å². The first kappa shape index (κ1) is 14.9. The van der Waals surface area contributed by atoms with Crippen molar-refractivity contribution in [1.29, 1.82) is 0 Å². The first-order chi connectivity index (χ1) is 9.54. The van der Waals surface area contributed by atoms with E-state index in [-0.39, 0.29) is 17.0 Å². The zero-order valence-corrected chi connectivity index (χ0v) is 12.3. The zero-order valence-electron chi connectivity index (χ0n) is 11.4. The van der Waals surface area contributed by atoms with E-state index in [0.29, 0.717) is 18.0 Å². The zero-order chi connectivity index (χ0) is 14.7. The fourth-order valence-electron chi connectivity index (χ4n) is 2.86. The Morgan fingerprint density at radius 2 is 2.25 bits per heavy atom. The molecule has 2 rings (SSSR count). The topological polar surface area (TPSA) is 89.5 Å². The SMILES string of the molecule is CN(C(=O)c1csc([N+](=O)[O-])c1)C1CCCCC1CN. The summed E-state index contributed by atoms with van der Waals surface area (Å²) < 4.78 is 0. The third kappa shape index (κ3) is 2.99. The Kier molecular flexibility index (Phi) is 4.72. The van der Waals surface area contributed by atoms with Crippen molar-refractivity contribution < 1.29 is 9.72 Å². The monoisotopic (exact) mass is 297 g/mol. The highest BCUT2D eigenvalue weighted by Gasteiger charge is 2.31. The smallest absolute Gasteiger partial charge is 0.324 e. The fraction of sp³-hybridized carbons (Fsp3) is 0.615. The molecule has 6 nitrogen and oxygen atoms in total. The van der Waals surface area contributed by atoms with Gasteiger partial charge in [-0.3, -0.25) is 14.9 Å². The standard InChI is InChI=1S/C13H19N3O3S/c1-15(11-5-3-2-4-9(11)7-14)13(17)10-6-12(16(18)19)20-8-10/h6,8-9,11H,2-5,7,14H2,1H3. The van der Waals surface area contributed by atoms with Crippen molar-refractivity contribution in [2.24, 2.45) is 11.7 Å². The van der Waals surface area contributed by atoms with Crippen molar-refractivity contribution in [3.63, 3.8) is 0 Å². The number of nitrogens with two attached hydrogens (primary N) is 1. The molecule has 1 aliphatic rings. The molecule has 1 amide bonds. The quantitative estimate of drug-likeness (QED) is 0.681. The third-order valence-electron chi connectivity index (χ3n) is 4.00. The molecule has 1 aromatic rings. The van der Waals surface area contributed by atoms with Gasteiger partial charge in [-0.1, -0.05) is 24.2 Å². The van der Waals surface area contributed by atoms with Gasteiger partial charge in [0.2, 0.25) is 0 Å². The number of nitro groups is 1. The van der Waals surface area contributed by atoms with Gasteiger partial charge in [0.15, 0.2) is 0 Å². The van der Waals surface area contributed by atoms with E-state index in [0.717, 1.165) is 37.0 Å². The highest BCUT2D eigenvalue weighted by molar-refractivity contribution is 7.13. The number of carbonyl (C=O) groups is 1. The fourth-order valence-corrected chi connectivity index (χ4v) is 3.56. The first-order valence-electron chi connectivity index (χ1n) is 6.74. The van der Waals surface area contributed by atoms with E-state index >= 15 is 0 Å². The molecule has 1 fully saturated rings. The Balaban J connectivity index is 2.12. The van der Waals surface area contributed by atoms with Crippen molar-refractivity contribution in [2.75, 3.05) is 13.6 Å². The van der Waals surface area contributed by atoms with Crippen LogP contribution < -0.4 is 5.73 Å². The number of rotatable bonds is 4. The summed E-state index contributed by atoms with van der Waals surface area (Å²) in [7, 11) is 1.77. The van der Waals surface area contributed by atoms with Gasteiger partial charge in [-0.15, -0.1) is 0 Å². The molecule has 0 spiro atoms. The van der Waals surface area contributed by atoms with Gasteiger partial charge in [0.1, 0.15) is 0 Å². The number of nitrogens with zero attached hydrogens (tertiary/aromatic N) is 2. The maximum absolute atomic E-state index is 12.4. The lowest BCUT2D eigenvalue weighted by atomic mass is 9.83. The summed E-state index contributed by atoms with van der Waals surface area (Å²) in [5.41, 5.74) is 6.18. The van der Waals surface area contributed by atoms with Gasteiger partial charge in [0.05, 0.1) is 10.5 Å². The summed E-state index contributed by atoms with van der Waals surface area (Å²) in [5.74, 6) is 0.172. The highest BCUT2D eigenvalue weighted by atomic mass is 32.1. The minimum absolute atomic E-state index is 0.000712. The van der Waals surface area contributed by atoms with Crippen LogP contribution in [0.2, 0.25) is 0 Å². The molecular weight excluding hydrogens is 278 g/mol. The molecule has 1 aliphatic carbocycles. The largest absolute Gasteiger partial charge is 0.338 e. The molecule has 0 aromatic carbocycles. The lowest BCUT2D eigenvalue weighted by Gasteiger charge is -2.37. The summed E-state index contributed by atoms with van der Waals surface area (Å²) in [6.07, 6.45) is 4.26. The Bertz CT molecular complexity index is 503. The molecule has 1 saturated carbocycles. The number of carbonyl (C=O) groups excluding carboxylic acids is 1. The Hall–Kier alpha value is -1.47. The van der Waals surface area contributed by atoms with Gasteiger partial charge < -0.3 is 10.6 Å². The van der Waals surface area contributed by atoms with Crippen LogP contribution in [0, 0.1) is 16.0 Å². The minimum Gasteiger partial charge on any atom is -0.338 e. The summed E-state index contributed by atoms with van der Waals surface area (Å²) in [6.45, 7) is 0.575. The number of hydrogen-bond acceptors (Lipinski definition) is 5. The molecule has 7 heteroatoms. The van der Waals surface area contributed by atoms with E-state index in [1.54, 1.807) is 17.3 Å². The van der Waals surface area contributed by atoms with E-state index in [2.05, 4.69) is 0 Å². The molecule has 0 saturated heterocycles. The predicted molar refractivity (Wildman–Crippen MR) is 77.9 cm³/mol. The highest BCUT2D eigenvalue weighted by Crippen LogP contribution is 2.29. The van der Waals surface area contributed by atoms with E-state index in [1.165, 1.54) is 6.07 Å². The lowest BCUT2D eigenvalue weighted by Crippen LogP contribution is -2.45. The van der Waals surface area contributed by atoms with E-state index in [9.17, 15) is 14.9 Å². The molecule has 2 atom stereocenters. The minimum atomic E-state index is -0.468. The van der Waals surface area contributed by atoms with E-state index in [4.69, 9.17) is 5.73 Å². The van der Waals surface area contributed by atoms with Crippen LogP contribution in [0.5, 0.6) is 0 Å². The first-order valence-corrected chi connectivity index (χ1v) is 7.62. The summed E-state index contributed by atoms with van der Waals surface area (Å²) >= 11 is 0.985. The number of thiophene rings is 1. The maximum atomic E-state index is 12.4. The molecule has 2 unspecified atom stereocenters. The number of amides is 1. The average Bonchev–Trinajstić information content (AvgIpc) is 2.95. The second-order valence-corrected chi connectivity index (χ2v) is 6.08. The second-order valence-electron chi connectivity index (χ2n) is 5.19. The third-order valence-corrected chi connectivity index (χ3v) is 4.88. The van der Waals surface area contributed by atoms with Gasteiger partial charge in [0.25, 0.3) is 5.91 Å². The molecule has 2 N–H and O–H groups in total. The number of hydrogen-bond donors (Lipinski definition) is 1. The molecule has 0 bridgehead atoms. The van der Waals surface area contributed by atoms with Gasteiger partial charge in [-0.05, 0) is 25.3 Å². The summed E-state index contributed by atoms with van der Waals surface area (Å²) in [4.78, 5) is 24.3. The van der Waals surface area contributed by atoms with Crippen LogP contribution in [0.1, 0.15) is 36.0 Å². The van der Waals surface area contributed by atoms with Gasteiger partial charge in [0, 0.05) is 24.5 Å². The van der Waals surface area contributed by atoms with Crippen LogP contribution >= 0.6 is 11.3 Å². The van der Waals surface area contributed by atoms with Crippen LogP contribution in [0.3, 0.4) is 0 Å². The van der Waals surface area contributed by atoms with Crippen molar-refractivity contribution in [3.05, 3.63) is 27.1 Å². The Morgan fingerprint density at radius 3 is 2.85 bits per heavy atom. The average molecular weight is 297 g/mol. The second kappa shape index (κ2) is 6.32. The van der Waals surface area contributed by atoms with E-state index < -0.39 is 4.92 Å². The predicted octanol–water partition coefficient (Wildman–Crippen LogP) is 2.25.